The molecule has 0 aliphatic rings. The van der Waals surface area contributed by atoms with E-state index in [1.807, 2.05) is 62.4 Å². The topological polar surface area (TPSA) is 18.5 Å². The van der Waals surface area contributed by atoms with Gasteiger partial charge in [-0.15, -0.1) is 0 Å². The minimum atomic E-state index is 0.740. The van der Waals surface area contributed by atoms with E-state index in [-0.39, 0.29) is 0 Å². The molecule has 0 radical (unpaired) electrons. The molecule has 2 nitrogen and oxygen atoms in total. The van der Waals surface area contributed by atoms with Crippen molar-refractivity contribution in [2.24, 2.45) is 0 Å². The van der Waals surface area contributed by atoms with Crippen LogP contribution in [0.3, 0.4) is 0 Å². The third-order valence-electron chi connectivity index (χ3n) is 3.83. The minimum absolute atomic E-state index is 0.740. The lowest BCUT2D eigenvalue weighted by atomic mass is 10.2. The standard InChI is InChI=1S/C23H28O2/c1-3-12-20-14-6-8-16-22(20)24-18-10-5-11-19-25-23-17-9-7-15-21(23)13-4-2/h3-4,6-9,12-17H,5,10-11,18-19H2,1-2H3. The Morgan fingerprint density at radius 3 is 1.52 bits per heavy atom. The molecule has 0 aliphatic heterocycles. The molecule has 0 N–H and O–H groups in total. The van der Waals surface area contributed by atoms with Crippen molar-refractivity contribution in [2.75, 3.05) is 13.2 Å². The third kappa shape index (κ3) is 6.50. The number of rotatable bonds is 10. The van der Waals surface area contributed by atoms with Crippen LogP contribution < -0.4 is 9.47 Å². The summed E-state index contributed by atoms with van der Waals surface area (Å²) in [5.74, 6) is 1.91. The van der Waals surface area contributed by atoms with Crippen LogP contribution in [0, 0.1) is 0 Å². The summed E-state index contributed by atoms with van der Waals surface area (Å²) in [6.45, 7) is 5.52. The number of hydrogen-bond acceptors (Lipinski definition) is 2. The first kappa shape index (κ1) is 18.9. The van der Waals surface area contributed by atoms with Crippen LogP contribution in [0.1, 0.15) is 44.2 Å². The van der Waals surface area contributed by atoms with E-state index in [0.717, 1.165) is 55.1 Å². The number of allylic oxidation sites excluding steroid dienone is 2. The maximum atomic E-state index is 5.90. The van der Waals surface area contributed by atoms with Gasteiger partial charge in [0.25, 0.3) is 0 Å². The Morgan fingerprint density at radius 1 is 0.640 bits per heavy atom. The summed E-state index contributed by atoms with van der Waals surface area (Å²) < 4.78 is 11.8. The predicted molar refractivity (Wildman–Crippen MR) is 107 cm³/mol. The molecule has 132 valence electrons. The summed E-state index contributed by atoms with van der Waals surface area (Å²) in [7, 11) is 0. The fraction of sp³-hybridized carbons (Fsp3) is 0.304. The lowest BCUT2D eigenvalue weighted by Gasteiger charge is -2.10. The molecule has 0 fully saturated rings. The number of ether oxygens (including phenoxy) is 2. The Bertz CT molecular complexity index is 626. The molecule has 0 saturated carbocycles. The van der Waals surface area contributed by atoms with E-state index in [0.29, 0.717) is 0 Å². The van der Waals surface area contributed by atoms with Crippen LogP contribution >= 0.6 is 0 Å². The molecule has 2 heteroatoms. The first-order valence-corrected chi connectivity index (χ1v) is 9.04. The zero-order chi connectivity index (χ0) is 17.7. The molecule has 0 unspecified atom stereocenters. The Hall–Kier alpha value is -2.48. The molecule has 0 heterocycles. The number of unbranched alkanes of at least 4 members (excludes halogenated alkanes) is 2. The summed E-state index contributed by atoms with van der Waals surface area (Å²) in [5.41, 5.74) is 2.27. The third-order valence-corrected chi connectivity index (χ3v) is 3.83. The minimum Gasteiger partial charge on any atom is -0.493 e. The van der Waals surface area contributed by atoms with Gasteiger partial charge in [-0.05, 0) is 45.2 Å². The maximum Gasteiger partial charge on any atom is 0.126 e. The number of hydrogen-bond donors (Lipinski definition) is 0. The van der Waals surface area contributed by atoms with Gasteiger partial charge in [0.1, 0.15) is 11.5 Å². The van der Waals surface area contributed by atoms with Gasteiger partial charge in [-0.3, -0.25) is 0 Å². The molecule has 2 aromatic rings. The van der Waals surface area contributed by atoms with Crippen molar-refractivity contribution >= 4 is 12.2 Å². The van der Waals surface area contributed by atoms with Crippen LogP contribution in [0.4, 0.5) is 0 Å². The Labute approximate surface area is 151 Å². The van der Waals surface area contributed by atoms with E-state index in [2.05, 4.69) is 24.3 Å². The molecule has 0 amide bonds. The fourth-order valence-electron chi connectivity index (χ4n) is 2.60. The fourth-order valence-corrected chi connectivity index (χ4v) is 2.60. The predicted octanol–water partition coefficient (Wildman–Crippen LogP) is 6.38. The maximum absolute atomic E-state index is 5.90. The summed E-state index contributed by atoms with van der Waals surface area (Å²) in [6.07, 6.45) is 11.4. The zero-order valence-electron chi connectivity index (χ0n) is 15.3. The summed E-state index contributed by atoms with van der Waals surface area (Å²) >= 11 is 0. The van der Waals surface area contributed by atoms with Crippen molar-refractivity contribution in [1.29, 1.82) is 0 Å². The van der Waals surface area contributed by atoms with Crippen LogP contribution in [0.25, 0.3) is 12.2 Å². The van der Waals surface area contributed by atoms with Gasteiger partial charge in [-0.1, -0.05) is 60.7 Å². The SMILES string of the molecule is CC=Cc1ccccc1OCCCCCOc1ccccc1C=CC. The van der Waals surface area contributed by atoms with Gasteiger partial charge >= 0.3 is 0 Å². The summed E-state index contributed by atoms with van der Waals surface area (Å²) in [5, 5.41) is 0. The lowest BCUT2D eigenvalue weighted by molar-refractivity contribution is 0.279. The Kier molecular flexibility index (Phi) is 8.40. The largest absolute Gasteiger partial charge is 0.493 e. The van der Waals surface area contributed by atoms with Crippen molar-refractivity contribution in [3.8, 4) is 11.5 Å². The van der Waals surface area contributed by atoms with E-state index < -0.39 is 0 Å². The smallest absolute Gasteiger partial charge is 0.126 e. The van der Waals surface area contributed by atoms with Crippen molar-refractivity contribution < 1.29 is 9.47 Å². The first-order valence-electron chi connectivity index (χ1n) is 9.04. The van der Waals surface area contributed by atoms with Gasteiger partial charge < -0.3 is 9.47 Å². The molecule has 0 atom stereocenters. The highest BCUT2D eigenvalue weighted by molar-refractivity contribution is 5.57. The van der Waals surface area contributed by atoms with Gasteiger partial charge in [0.15, 0.2) is 0 Å². The molecule has 2 aromatic carbocycles. The van der Waals surface area contributed by atoms with Gasteiger partial charge in [-0.25, -0.2) is 0 Å². The van der Waals surface area contributed by atoms with Crippen molar-refractivity contribution in [1.82, 2.24) is 0 Å². The highest BCUT2D eigenvalue weighted by atomic mass is 16.5. The van der Waals surface area contributed by atoms with E-state index in [1.165, 1.54) is 0 Å². The van der Waals surface area contributed by atoms with Crippen LogP contribution in [0.5, 0.6) is 11.5 Å². The van der Waals surface area contributed by atoms with Gasteiger partial charge in [0.05, 0.1) is 13.2 Å². The lowest BCUT2D eigenvalue weighted by Crippen LogP contribution is -2.02. The monoisotopic (exact) mass is 336 g/mol. The van der Waals surface area contributed by atoms with Crippen LogP contribution in [-0.2, 0) is 0 Å². The summed E-state index contributed by atoms with van der Waals surface area (Å²) in [4.78, 5) is 0. The number of para-hydroxylation sites is 2. The van der Waals surface area contributed by atoms with E-state index in [9.17, 15) is 0 Å². The second-order valence-corrected chi connectivity index (χ2v) is 5.83. The van der Waals surface area contributed by atoms with E-state index in [4.69, 9.17) is 9.47 Å². The van der Waals surface area contributed by atoms with Crippen molar-refractivity contribution in [3.05, 3.63) is 71.8 Å². The molecule has 0 spiro atoms. The van der Waals surface area contributed by atoms with E-state index >= 15 is 0 Å². The average Bonchev–Trinajstić information content (AvgIpc) is 2.64. The van der Waals surface area contributed by atoms with Crippen LogP contribution in [0.15, 0.2) is 60.7 Å². The van der Waals surface area contributed by atoms with Crippen molar-refractivity contribution in [2.45, 2.75) is 33.1 Å². The average molecular weight is 336 g/mol. The van der Waals surface area contributed by atoms with Gasteiger partial charge in [0, 0.05) is 11.1 Å². The van der Waals surface area contributed by atoms with Crippen LogP contribution in [0.2, 0.25) is 0 Å². The molecular weight excluding hydrogens is 308 g/mol. The Morgan fingerprint density at radius 2 is 1.08 bits per heavy atom. The second-order valence-electron chi connectivity index (χ2n) is 5.83. The molecule has 0 saturated heterocycles. The van der Waals surface area contributed by atoms with Gasteiger partial charge in [-0.2, -0.15) is 0 Å². The molecule has 0 aromatic heterocycles. The zero-order valence-corrected chi connectivity index (χ0v) is 15.3. The van der Waals surface area contributed by atoms with Gasteiger partial charge in [0.2, 0.25) is 0 Å². The molecule has 0 bridgehead atoms. The highest BCUT2D eigenvalue weighted by Crippen LogP contribution is 2.21. The Balaban J connectivity index is 1.66. The highest BCUT2D eigenvalue weighted by Gasteiger charge is 2.01. The molecular formula is C23H28O2. The quantitative estimate of drug-likeness (QED) is 0.469. The summed E-state index contributed by atoms with van der Waals surface area (Å²) in [6, 6.07) is 16.3. The first-order chi connectivity index (χ1) is 12.3. The van der Waals surface area contributed by atoms with E-state index in [1.54, 1.807) is 0 Å². The molecule has 25 heavy (non-hydrogen) atoms. The van der Waals surface area contributed by atoms with Crippen LogP contribution in [-0.4, -0.2) is 13.2 Å². The van der Waals surface area contributed by atoms with Crippen molar-refractivity contribution in [3.63, 3.8) is 0 Å². The normalized spacial score (nSPS) is 11.3. The number of benzene rings is 2. The second kappa shape index (κ2) is 11.1. The molecule has 2 rings (SSSR count). The molecule has 0 aliphatic carbocycles.